The molecule has 158 valence electrons. The lowest BCUT2D eigenvalue weighted by Gasteiger charge is -2.29. The maximum absolute atomic E-state index is 13.0. The number of aromatic nitrogens is 2. The van der Waals surface area contributed by atoms with E-state index in [-0.39, 0.29) is 18.0 Å². The quantitative estimate of drug-likeness (QED) is 0.643. The first kappa shape index (κ1) is 19.3. The lowest BCUT2D eigenvalue weighted by atomic mass is 10.00. The molecular formula is C23H23N5O3. The molecule has 0 radical (unpaired) electrons. The molecule has 8 heteroatoms. The topological polar surface area (TPSA) is 90.6 Å². The third kappa shape index (κ3) is 3.89. The van der Waals surface area contributed by atoms with Gasteiger partial charge in [0.1, 0.15) is 12.6 Å². The number of carbonyl (C=O) groups excluding carboxylic acids is 2. The van der Waals surface area contributed by atoms with Crippen molar-refractivity contribution in [1.82, 2.24) is 20.2 Å². The monoisotopic (exact) mass is 417 g/mol. The Hall–Kier alpha value is -3.65. The largest absolute Gasteiger partial charge is 0.345 e. The second-order valence-corrected chi connectivity index (χ2v) is 7.81. The van der Waals surface area contributed by atoms with Gasteiger partial charge in [-0.1, -0.05) is 42.5 Å². The van der Waals surface area contributed by atoms with Gasteiger partial charge < -0.3 is 10.2 Å². The summed E-state index contributed by atoms with van der Waals surface area (Å²) >= 11 is 0. The van der Waals surface area contributed by atoms with E-state index in [4.69, 9.17) is 4.84 Å². The molecule has 2 aromatic carbocycles. The highest BCUT2D eigenvalue weighted by molar-refractivity contribution is 5.98. The number of carbonyl (C=O) groups is 2. The van der Waals surface area contributed by atoms with Crippen LogP contribution in [0.4, 0.5) is 10.5 Å². The van der Waals surface area contributed by atoms with Crippen LogP contribution in [0.3, 0.4) is 0 Å². The molecule has 8 nitrogen and oxygen atoms in total. The van der Waals surface area contributed by atoms with Crippen molar-refractivity contribution >= 4 is 17.6 Å². The lowest BCUT2D eigenvalue weighted by molar-refractivity contribution is -0.140. The minimum atomic E-state index is -0.509. The Morgan fingerprint density at radius 3 is 2.81 bits per heavy atom. The van der Waals surface area contributed by atoms with Gasteiger partial charge >= 0.3 is 6.03 Å². The van der Waals surface area contributed by atoms with E-state index in [1.807, 2.05) is 60.7 Å². The highest BCUT2D eigenvalue weighted by Crippen LogP contribution is 2.31. The zero-order valence-corrected chi connectivity index (χ0v) is 16.9. The number of urea groups is 1. The van der Waals surface area contributed by atoms with E-state index in [2.05, 4.69) is 15.5 Å². The molecule has 5 rings (SSSR count). The first-order chi connectivity index (χ1) is 15.2. The van der Waals surface area contributed by atoms with Gasteiger partial charge in [0.25, 0.3) is 0 Å². The number of hydrogen-bond acceptors (Lipinski definition) is 4. The maximum atomic E-state index is 13.0. The molecule has 3 aromatic rings. The van der Waals surface area contributed by atoms with Crippen molar-refractivity contribution in [2.45, 2.75) is 31.5 Å². The van der Waals surface area contributed by atoms with Crippen LogP contribution in [-0.4, -0.2) is 50.7 Å². The highest BCUT2D eigenvalue weighted by atomic mass is 16.7. The average Bonchev–Trinajstić information content (AvgIpc) is 3.42. The van der Waals surface area contributed by atoms with Crippen LogP contribution in [0.5, 0.6) is 0 Å². The molecule has 1 aromatic heterocycles. The van der Waals surface area contributed by atoms with E-state index < -0.39 is 6.04 Å². The van der Waals surface area contributed by atoms with Crippen molar-refractivity contribution in [3.05, 3.63) is 72.4 Å². The summed E-state index contributed by atoms with van der Waals surface area (Å²) in [6.07, 6.45) is 3.01. The number of nitrogens with zero attached hydrogens (tertiary/aromatic N) is 3. The molecule has 2 aliphatic rings. The number of fused-ring (bicyclic) bond motifs is 2. The van der Waals surface area contributed by atoms with E-state index in [0.717, 1.165) is 23.2 Å². The normalized spacial score (nSPS) is 20.2. The van der Waals surface area contributed by atoms with Gasteiger partial charge in [0, 0.05) is 24.0 Å². The molecule has 31 heavy (non-hydrogen) atoms. The molecule has 2 fully saturated rings. The molecule has 2 bridgehead atoms. The lowest BCUT2D eigenvalue weighted by Crippen LogP contribution is -2.47. The Morgan fingerprint density at radius 2 is 2.00 bits per heavy atom. The molecule has 2 aliphatic heterocycles. The number of hydrogen-bond donors (Lipinski definition) is 2. The fourth-order valence-corrected chi connectivity index (χ4v) is 4.20. The molecule has 3 amide bonds. The number of piperidine rings is 1. The standard InChI is InChI=1S/C23H23N5O3/c29-22(25-18-8-4-7-17(13-18)20-11-12-24-26-20)21-10-9-19-14-27(21)23(30)28(19)31-15-16-5-2-1-3-6-16/h1-8,11-13,19,21H,9-10,14-15H2,(H,24,26)(H,25,29)/t19?,21-/m0/s1. The number of benzene rings is 2. The van der Waals surface area contributed by atoms with Gasteiger partial charge in [-0.3, -0.25) is 14.7 Å². The molecule has 0 aliphatic carbocycles. The van der Waals surface area contributed by atoms with Gasteiger partial charge in [-0.2, -0.15) is 10.2 Å². The number of anilines is 1. The second-order valence-electron chi connectivity index (χ2n) is 7.81. The van der Waals surface area contributed by atoms with Gasteiger partial charge in [-0.15, -0.1) is 0 Å². The van der Waals surface area contributed by atoms with Crippen molar-refractivity contribution in [2.75, 3.05) is 11.9 Å². The van der Waals surface area contributed by atoms with Crippen molar-refractivity contribution in [1.29, 1.82) is 0 Å². The van der Waals surface area contributed by atoms with Crippen molar-refractivity contribution in [2.24, 2.45) is 0 Å². The number of nitrogens with one attached hydrogen (secondary N) is 2. The van der Waals surface area contributed by atoms with Crippen LogP contribution in [0.15, 0.2) is 66.9 Å². The van der Waals surface area contributed by atoms with E-state index >= 15 is 0 Å². The summed E-state index contributed by atoms with van der Waals surface area (Å²) in [6, 6.07) is 18.4. The van der Waals surface area contributed by atoms with Gasteiger partial charge in [0.2, 0.25) is 5.91 Å². The van der Waals surface area contributed by atoms with Crippen LogP contribution in [0.2, 0.25) is 0 Å². The summed E-state index contributed by atoms with van der Waals surface area (Å²) in [5.41, 5.74) is 3.48. The average molecular weight is 417 g/mol. The molecule has 2 saturated heterocycles. The number of amides is 3. The van der Waals surface area contributed by atoms with Crippen LogP contribution in [0.25, 0.3) is 11.3 Å². The third-order valence-corrected chi connectivity index (χ3v) is 5.78. The summed E-state index contributed by atoms with van der Waals surface area (Å²) in [4.78, 5) is 33.4. The summed E-state index contributed by atoms with van der Waals surface area (Å²) in [6.45, 7) is 0.827. The van der Waals surface area contributed by atoms with Crippen molar-refractivity contribution in [3.8, 4) is 11.3 Å². The summed E-state index contributed by atoms with van der Waals surface area (Å²) in [5, 5.41) is 11.3. The molecule has 1 unspecified atom stereocenters. The minimum absolute atomic E-state index is 0.0241. The van der Waals surface area contributed by atoms with E-state index in [9.17, 15) is 9.59 Å². The van der Waals surface area contributed by atoms with Crippen molar-refractivity contribution < 1.29 is 14.4 Å². The van der Waals surface area contributed by atoms with Gasteiger partial charge in [-0.05, 0) is 36.6 Å². The Labute approximate surface area is 179 Å². The number of aromatic amines is 1. The Morgan fingerprint density at radius 1 is 1.13 bits per heavy atom. The van der Waals surface area contributed by atoms with Gasteiger partial charge in [-0.25, -0.2) is 4.79 Å². The minimum Gasteiger partial charge on any atom is -0.324 e. The molecular weight excluding hydrogens is 394 g/mol. The fourth-order valence-electron chi connectivity index (χ4n) is 4.20. The second kappa shape index (κ2) is 8.23. The van der Waals surface area contributed by atoms with Crippen LogP contribution in [0, 0.1) is 0 Å². The zero-order valence-electron chi connectivity index (χ0n) is 16.9. The van der Waals surface area contributed by atoms with Crippen molar-refractivity contribution in [3.63, 3.8) is 0 Å². The smallest absolute Gasteiger partial charge is 0.324 e. The molecule has 0 spiro atoms. The first-order valence-electron chi connectivity index (χ1n) is 10.4. The third-order valence-electron chi connectivity index (χ3n) is 5.78. The SMILES string of the molecule is O=C(Nc1cccc(-c2ccn[nH]2)c1)[C@@H]1CCC2CN1C(=O)N2OCc1ccccc1. The summed E-state index contributed by atoms with van der Waals surface area (Å²) in [5.74, 6) is -0.182. The summed E-state index contributed by atoms with van der Waals surface area (Å²) in [7, 11) is 0. The summed E-state index contributed by atoms with van der Waals surface area (Å²) < 4.78 is 0. The molecule has 2 atom stereocenters. The van der Waals surface area contributed by atoms with E-state index in [1.54, 1.807) is 11.1 Å². The molecule has 0 saturated carbocycles. The Balaban J connectivity index is 1.24. The van der Waals surface area contributed by atoms with E-state index in [1.165, 1.54) is 5.06 Å². The van der Waals surface area contributed by atoms with Crippen LogP contribution in [-0.2, 0) is 16.2 Å². The van der Waals surface area contributed by atoms with Gasteiger partial charge in [0.15, 0.2) is 0 Å². The maximum Gasteiger partial charge on any atom is 0.345 e. The highest BCUT2D eigenvalue weighted by Gasteiger charge is 2.47. The zero-order chi connectivity index (χ0) is 21.2. The molecule has 3 heterocycles. The Kier molecular flexibility index (Phi) is 5.13. The number of H-pyrrole nitrogens is 1. The predicted molar refractivity (Wildman–Crippen MR) is 115 cm³/mol. The Bertz CT molecular complexity index is 1070. The van der Waals surface area contributed by atoms with Crippen LogP contribution >= 0.6 is 0 Å². The van der Waals surface area contributed by atoms with E-state index in [0.29, 0.717) is 25.3 Å². The fraction of sp³-hybridized carbons (Fsp3) is 0.261. The van der Waals surface area contributed by atoms with Crippen LogP contribution in [0.1, 0.15) is 18.4 Å². The van der Waals surface area contributed by atoms with Gasteiger partial charge in [0.05, 0.1) is 11.7 Å². The predicted octanol–water partition coefficient (Wildman–Crippen LogP) is 3.42. The number of rotatable bonds is 6. The number of hydroxylamine groups is 2. The first-order valence-corrected chi connectivity index (χ1v) is 10.4. The van der Waals surface area contributed by atoms with Crippen LogP contribution < -0.4 is 5.32 Å². The molecule has 2 N–H and O–H groups in total.